The van der Waals surface area contributed by atoms with Gasteiger partial charge in [0.1, 0.15) is 6.10 Å². The number of halogens is 1. The molecule has 0 spiro atoms. The lowest BCUT2D eigenvalue weighted by Crippen LogP contribution is -2.01. The predicted molar refractivity (Wildman–Crippen MR) is 76.7 cm³/mol. The summed E-state index contributed by atoms with van der Waals surface area (Å²) in [7, 11) is 0. The fourth-order valence-electron chi connectivity index (χ4n) is 2.00. The number of hydrogen-bond acceptors (Lipinski definition) is 2. The highest BCUT2D eigenvalue weighted by atomic mass is 79.9. The molecule has 0 aliphatic carbocycles. The van der Waals surface area contributed by atoms with Crippen molar-refractivity contribution in [1.82, 2.24) is 0 Å². The molecular formula is C14H15BrOS. The van der Waals surface area contributed by atoms with Crippen LogP contribution >= 0.6 is 27.3 Å². The molecule has 1 atom stereocenters. The first-order valence-corrected chi connectivity index (χ1v) is 7.16. The maximum atomic E-state index is 10.4. The van der Waals surface area contributed by atoms with Gasteiger partial charge in [0.15, 0.2) is 0 Å². The van der Waals surface area contributed by atoms with Gasteiger partial charge >= 0.3 is 0 Å². The maximum absolute atomic E-state index is 10.4. The standard InChI is InChI=1S/C14H15BrOS/c1-8-6-11(7-9(2)13(8)15)14(16)12-4-5-17-10(12)3/h4-7,14,16H,1-3H3. The minimum absolute atomic E-state index is 0.522. The highest BCUT2D eigenvalue weighted by Gasteiger charge is 2.15. The summed E-state index contributed by atoms with van der Waals surface area (Å²) in [4.78, 5) is 1.18. The molecule has 1 aromatic heterocycles. The fourth-order valence-corrected chi connectivity index (χ4v) is 2.96. The van der Waals surface area contributed by atoms with Gasteiger partial charge in [0, 0.05) is 9.35 Å². The molecule has 2 aromatic rings. The van der Waals surface area contributed by atoms with Gasteiger partial charge < -0.3 is 5.11 Å². The van der Waals surface area contributed by atoms with Crippen molar-refractivity contribution < 1.29 is 5.11 Å². The third-order valence-corrected chi connectivity index (χ3v) is 5.08. The van der Waals surface area contributed by atoms with Crippen molar-refractivity contribution in [1.29, 1.82) is 0 Å². The molecule has 1 nitrogen and oxygen atoms in total. The molecule has 1 N–H and O–H groups in total. The van der Waals surface area contributed by atoms with Gasteiger partial charge in [-0.15, -0.1) is 11.3 Å². The third-order valence-electron chi connectivity index (χ3n) is 2.97. The zero-order valence-electron chi connectivity index (χ0n) is 10.1. The molecule has 17 heavy (non-hydrogen) atoms. The molecule has 0 saturated carbocycles. The van der Waals surface area contributed by atoms with Crippen LogP contribution in [0, 0.1) is 20.8 Å². The van der Waals surface area contributed by atoms with Crippen molar-refractivity contribution >= 4 is 27.3 Å². The first-order valence-electron chi connectivity index (χ1n) is 5.49. The predicted octanol–water partition coefficient (Wildman–Crippen LogP) is 4.52. The SMILES string of the molecule is Cc1cc(C(O)c2ccsc2C)cc(C)c1Br. The van der Waals surface area contributed by atoms with Crippen molar-refractivity contribution in [2.24, 2.45) is 0 Å². The molecule has 1 aromatic carbocycles. The molecule has 0 aliphatic heterocycles. The number of aliphatic hydroxyl groups is 1. The van der Waals surface area contributed by atoms with Gasteiger partial charge in [-0.25, -0.2) is 0 Å². The Bertz CT molecular complexity index is 522. The normalized spacial score (nSPS) is 12.8. The second kappa shape index (κ2) is 4.92. The average molecular weight is 311 g/mol. The van der Waals surface area contributed by atoms with Gasteiger partial charge in [0.25, 0.3) is 0 Å². The molecule has 0 amide bonds. The van der Waals surface area contributed by atoms with Crippen LogP contribution in [0.4, 0.5) is 0 Å². The minimum Gasteiger partial charge on any atom is -0.384 e. The third kappa shape index (κ3) is 2.46. The van der Waals surface area contributed by atoms with Crippen molar-refractivity contribution in [2.45, 2.75) is 26.9 Å². The average Bonchev–Trinajstić information content (AvgIpc) is 2.70. The minimum atomic E-state index is -0.522. The van der Waals surface area contributed by atoms with E-state index < -0.39 is 6.10 Å². The Balaban J connectivity index is 2.45. The van der Waals surface area contributed by atoms with Crippen LogP contribution in [0.5, 0.6) is 0 Å². The zero-order chi connectivity index (χ0) is 12.6. The fraction of sp³-hybridized carbons (Fsp3) is 0.286. The van der Waals surface area contributed by atoms with Gasteiger partial charge in [-0.3, -0.25) is 0 Å². The maximum Gasteiger partial charge on any atom is 0.105 e. The van der Waals surface area contributed by atoms with Crippen molar-refractivity contribution in [3.63, 3.8) is 0 Å². The van der Waals surface area contributed by atoms with Crippen LogP contribution < -0.4 is 0 Å². The molecule has 0 aliphatic rings. The van der Waals surface area contributed by atoms with Crippen LogP contribution in [0.25, 0.3) is 0 Å². The lowest BCUT2D eigenvalue weighted by molar-refractivity contribution is 0.220. The van der Waals surface area contributed by atoms with Crippen LogP contribution in [0.3, 0.4) is 0 Å². The van der Waals surface area contributed by atoms with E-state index in [-0.39, 0.29) is 0 Å². The van der Waals surface area contributed by atoms with Crippen LogP contribution in [-0.4, -0.2) is 5.11 Å². The summed E-state index contributed by atoms with van der Waals surface area (Å²) in [6, 6.07) is 6.08. The molecule has 0 fully saturated rings. The van der Waals surface area contributed by atoms with Crippen molar-refractivity contribution in [2.75, 3.05) is 0 Å². The van der Waals surface area contributed by atoms with E-state index in [0.29, 0.717) is 0 Å². The summed E-state index contributed by atoms with van der Waals surface area (Å²) >= 11 is 5.22. The van der Waals surface area contributed by atoms with E-state index in [9.17, 15) is 5.11 Å². The zero-order valence-corrected chi connectivity index (χ0v) is 12.5. The van der Waals surface area contributed by atoms with E-state index in [1.807, 2.05) is 44.4 Å². The summed E-state index contributed by atoms with van der Waals surface area (Å²) in [5.41, 5.74) is 4.29. The Kier molecular flexibility index (Phi) is 3.71. The Morgan fingerprint density at radius 2 is 1.76 bits per heavy atom. The van der Waals surface area contributed by atoms with E-state index in [2.05, 4.69) is 15.9 Å². The van der Waals surface area contributed by atoms with Gasteiger partial charge in [-0.1, -0.05) is 28.1 Å². The number of hydrogen-bond donors (Lipinski definition) is 1. The molecule has 0 saturated heterocycles. The Labute approximate surface area is 114 Å². The molecule has 1 unspecified atom stereocenters. The van der Waals surface area contributed by atoms with E-state index in [1.165, 1.54) is 4.88 Å². The Hall–Kier alpha value is -0.640. The van der Waals surface area contributed by atoms with Crippen LogP contribution in [-0.2, 0) is 0 Å². The number of aryl methyl sites for hydroxylation is 3. The highest BCUT2D eigenvalue weighted by Crippen LogP contribution is 2.31. The largest absolute Gasteiger partial charge is 0.384 e. The molecule has 90 valence electrons. The summed E-state index contributed by atoms with van der Waals surface area (Å²) < 4.78 is 1.12. The van der Waals surface area contributed by atoms with Gasteiger partial charge in [0.2, 0.25) is 0 Å². The molecule has 2 rings (SSSR count). The van der Waals surface area contributed by atoms with Gasteiger partial charge in [0.05, 0.1) is 0 Å². The molecular weight excluding hydrogens is 296 g/mol. The van der Waals surface area contributed by atoms with Crippen LogP contribution in [0.1, 0.15) is 33.2 Å². The number of thiophene rings is 1. The van der Waals surface area contributed by atoms with E-state index >= 15 is 0 Å². The topological polar surface area (TPSA) is 20.2 Å². The summed E-state index contributed by atoms with van der Waals surface area (Å²) in [6.45, 7) is 6.14. The summed E-state index contributed by atoms with van der Waals surface area (Å²) in [5.74, 6) is 0. The monoisotopic (exact) mass is 310 g/mol. The summed E-state index contributed by atoms with van der Waals surface area (Å²) in [6.07, 6.45) is -0.522. The second-order valence-corrected chi connectivity index (χ2v) is 6.22. The first kappa shape index (κ1) is 12.8. The lowest BCUT2D eigenvalue weighted by atomic mass is 9.98. The smallest absolute Gasteiger partial charge is 0.105 e. The molecule has 0 radical (unpaired) electrons. The van der Waals surface area contributed by atoms with Gasteiger partial charge in [-0.05, 0) is 54.5 Å². The van der Waals surface area contributed by atoms with E-state index in [1.54, 1.807) is 11.3 Å². The number of aliphatic hydroxyl groups excluding tert-OH is 1. The Morgan fingerprint density at radius 1 is 1.18 bits per heavy atom. The van der Waals surface area contributed by atoms with Gasteiger partial charge in [-0.2, -0.15) is 0 Å². The molecule has 3 heteroatoms. The van der Waals surface area contributed by atoms with E-state index in [4.69, 9.17) is 0 Å². The van der Waals surface area contributed by atoms with Crippen molar-refractivity contribution in [3.05, 3.63) is 55.2 Å². The van der Waals surface area contributed by atoms with Crippen LogP contribution in [0.2, 0.25) is 0 Å². The van der Waals surface area contributed by atoms with E-state index in [0.717, 1.165) is 26.7 Å². The van der Waals surface area contributed by atoms with Crippen LogP contribution in [0.15, 0.2) is 28.1 Å². The second-order valence-electron chi connectivity index (χ2n) is 4.30. The molecule has 1 heterocycles. The Morgan fingerprint density at radius 3 is 2.24 bits per heavy atom. The quantitative estimate of drug-likeness (QED) is 0.864. The van der Waals surface area contributed by atoms with Crippen molar-refractivity contribution in [3.8, 4) is 0 Å². The summed E-state index contributed by atoms with van der Waals surface area (Å²) in [5, 5.41) is 12.4. The first-order chi connectivity index (χ1) is 8.00. The highest BCUT2D eigenvalue weighted by molar-refractivity contribution is 9.10. The number of rotatable bonds is 2. The lowest BCUT2D eigenvalue weighted by Gasteiger charge is -2.14. The molecule has 0 bridgehead atoms. The number of benzene rings is 1.